The Morgan fingerprint density at radius 2 is 2.11 bits per heavy atom. The number of hydrogen-bond donors (Lipinski definition) is 1. The predicted octanol–water partition coefficient (Wildman–Crippen LogP) is 2.91. The fourth-order valence-corrected chi connectivity index (χ4v) is 2.24. The van der Waals surface area contributed by atoms with Crippen molar-refractivity contribution >= 4 is 23.2 Å². The number of rotatable bonds is 2. The second kappa shape index (κ2) is 4.47. The predicted molar refractivity (Wildman–Crippen MR) is 70.8 cm³/mol. The van der Waals surface area contributed by atoms with Gasteiger partial charge >= 0.3 is 0 Å². The molecule has 2 aromatic rings. The molecule has 0 saturated heterocycles. The summed E-state index contributed by atoms with van der Waals surface area (Å²) in [7, 11) is 1.58. The molecule has 1 aliphatic heterocycles. The lowest BCUT2D eigenvalue weighted by atomic mass is 10.0. The molecule has 0 saturated carbocycles. The highest BCUT2D eigenvalue weighted by atomic mass is 35.5. The highest BCUT2D eigenvalue weighted by Gasteiger charge is 2.27. The lowest BCUT2D eigenvalue weighted by Gasteiger charge is -2.11. The zero-order valence-electron chi connectivity index (χ0n) is 10.0. The number of ether oxygens (including phenoxy) is 1. The molecule has 1 aromatic heterocycles. The van der Waals surface area contributed by atoms with Gasteiger partial charge in [0.05, 0.1) is 12.7 Å². The van der Waals surface area contributed by atoms with Crippen molar-refractivity contribution in [2.24, 2.45) is 10.2 Å². The molecule has 1 aliphatic rings. The SMILES string of the molecule is COc1cc(Cl)cc(C2N=Nc3ncnc(N)c32)c1. The van der Waals surface area contributed by atoms with Gasteiger partial charge in [-0.15, -0.1) is 5.11 Å². The van der Waals surface area contributed by atoms with Gasteiger partial charge in [-0.1, -0.05) is 11.6 Å². The summed E-state index contributed by atoms with van der Waals surface area (Å²) in [6.45, 7) is 0. The van der Waals surface area contributed by atoms with Crippen LogP contribution in [0.25, 0.3) is 0 Å². The molecule has 0 amide bonds. The summed E-state index contributed by atoms with van der Waals surface area (Å²) >= 11 is 6.06. The average molecular weight is 276 g/mol. The normalized spacial score (nSPS) is 16.4. The number of halogens is 1. The van der Waals surface area contributed by atoms with Gasteiger partial charge in [0, 0.05) is 5.02 Å². The first-order valence-corrected chi connectivity index (χ1v) is 5.92. The van der Waals surface area contributed by atoms with E-state index in [1.54, 1.807) is 19.2 Å². The number of nitrogens with two attached hydrogens (primary N) is 1. The molecule has 0 bridgehead atoms. The quantitative estimate of drug-likeness (QED) is 0.913. The van der Waals surface area contributed by atoms with E-state index in [0.717, 1.165) is 5.56 Å². The minimum Gasteiger partial charge on any atom is -0.497 e. The highest BCUT2D eigenvalue weighted by molar-refractivity contribution is 6.30. The van der Waals surface area contributed by atoms with E-state index >= 15 is 0 Å². The van der Waals surface area contributed by atoms with Crippen LogP contribution in [0.5, 0.6) is 5.75 Å². The molecule has 0 radical (unpaired) electrons. The van der Waals surface area contributed by atoms with Gasteiger partial charge in [-0.25, -0.2) is 9.97 Å². The van der Waals surface area contributed by atoms with Gasteiger partial charge in [-0.3, -0.25) is 0 Å². The molecule has 96 valence electrons. The first-order valence-electron chi connectivity index (χ1n) is 5.54. The molecule has 2 heterocycles. The van der Waals surface area contributed by atoms with Gasteiger partial charge in [0.1, 0.15) is 23.9 Å². The Balaban J connectivity index is 2.11. The van der Waals surface area contributed by atoms with Crippen LogP contribution in [0.2, 0.25) is 5.02 Å². The van der Waals surface area contributed by atoms with E-state index in [2.05, 4.69) is 20.2 Å². The summed E-state index contributed by atoms with van der Waals surface area (Å²) < 4.78 is 5.19. The van der Waals surface area contributed by atoms with E-state index in [-0.39, 0.29) is 6.04 Å². The van der Waals surface area contributed by atoms with Crippen LogP contribution in [0.4, 0.5) is 11.6 Å². The first kappa shape index (κ1) is 11.9. The summed E-state index contributed by atoms with van der Waals surface area (Å²) in [5.74, 6) is 1.52. The Morgan fingerprint density at radius 1 is 1.26 bits per heavy atom. The minimum atomic E-state index is -0.344. The number of azo groups is 1. The standard InChI is InChI=1S/C12H10ClN5O/c1-19-8-3-6(2-7(13)4-8)10-9-11(14)15-5-16-12(9)18-17-10/h2-5,10H,1H3,(H2,14,15,16). The third-order valence-electron chi connectivity index (χ3n) is 2.88. The van der Waals surface area contributed by atoms with E-state index < -0.39 is 0 Å². The van der Waals surface area contributed by atoms with Crippen LogP contribution in [0.1, 0.15) is 17.2 Å². The van der Waals surface area contributed by atoms with Crippen molar-refractivity contribution in [3.05, 3.63) is 40.7 Å². The zero-order chi connectivity index (χ0) is 13.4. The Bertz CT molecular complexity index is 673. The van der Waals surface area contributed by atoms with Crippen molar-refractivity contribution in [1.29, 1.82) is 0 Å². The maximum absolute atomic E-state index is 6.06. The van der Waals surface area contributed by atoms with E-state index in [1.807, 2.05) is 6.07 Å². The molecule has 2 N–H and O–H groups in total. The highest BCUT2D eigenvalue weighted by Crippen LogP contribution is 2.42. The van der Waals surface area contributed by atoms with Crippen LogP contribution in [-0.2, 0) is 0 Å². The van der Waals surface area contributed by atoms with Crippen molar-refractivity contribution in [2.45, 2.75) is 6.04 Å². The summed E-state index contributed by atoms with van der Waals surface area (Å²) in [5, 5.41) is 8.76. The largest absolute Gasteiger partial charge is 0.497 e. The van der Waals surface area contributed by atoms with Crippen LogP contribution in [0.15, 0.2) is 34.8 Å². The molecular formula is C12H10ClN5O. The summed E-state index contributed by atoms with van der Waals surface area (Å²) in [5.41, 5.74) is 7.41. The zero-order valence-corrected chi connectivity index (χ0v) is 10.8. The lowest BCUT2D eigenvalue weighted by Crippen LogP contribution is -2.03. The molecule has 0 aliphatic carbocycles. The molecule has 1 unspecified atom stereocenters. The van der Waals surface area contributed by atoms with Gasteiger partial charge in [-0.05, 0) is 23.8 Å². The number of methoxy groups -OCH3 is 1. The molecule has 0 spiro atoms. The van der Waals surface area contributed by atoms with E-state index in [0.29, 0.717) is 28.0 Å². The average Bonchev–Trinajstić information content (AvgIpc) is 2.83. The van der Waals surface area contributed by atoms with Crippen molar-refractivity contribution in [3.8, 4) is 5.75 Å². The van der Waals surface area contributed by atoms with E-state index in [1.165, 1.54) is 6.33 Å². The smallest absolute Gasteiger partial charge is 0.185 e. The van der Waals surface area contributed by atoms with Crippen molar-refractivity contribution in [2.75, 3.05) is 12.8 Å². The maximum atomic E-state index is 6.06. The summed E-state index contributed by atoms with van der Waals surface area (Å²) in [6, 6.07) is 5.03. The van der Waals surface area contributed by atoms with Crippen LogP contribution in [0.3, 0.4) is 0 Å². The molecule has 1 atom stereocenters. The van der Waals surface area contributed by atoms with Crippen molar-refractivity contribution in [3.63, 3.8) is 0 Å². The number of benzene rings is 1. The molecule has 19 heavy (non-hydrogen) atoms. The second-order valence-electron chi connectivity index (χ2n) is 4.04. The summed E-state index contributed by atoms with van der Waals surface area (Å²) in [6.07, 6.45) is 1.37. The van der Waals surface area contributed by atoms with Gasteiger partial charge in [-0.2, -0.15) is 5.11 Å². The molecule has 1 aromatic carbocycles. The maximum Gasteiger partial charge on any atom is 0.185 e. The van der Waals surface area contributed by atoms with Crippen molar-refractivity contribution < 1.29 is 4.74 Å². The van der Waals surface area contributed by atoms with Gasteiger partial charge < -0.3 is 10.5 Å². The van der Waals surface area contributed by atoms with E-state index in [4.69, 9.17) is 22.1 Å². The molecule has 7 heteroatoms. The molecule has 6 nitrogen and oxygen atoms in total. The Labute approximate surface area is 114 Å². The van der Waals surface area contributed by atoms with Crippen LogP contribution in [-0.4, -0.2) is 17.1 Å². The molecule has 3 rings (SSSR count). The molecule has 0 fully saturated rings. The van der Waals surface area contributed by atoms with Gasteiger partial charge in [0.25, 0.3) is 0 Å². The third-order valence-corrected chi connectivity index (χ3v) is 3.10. The second-order valence-corrected chi connectivity index (χ2v) is 4.48. The fraction of sp³-hybridized carbons (Fsp3) is 0.167. The Hall–Kier alpha value is -2.21. The number of hydrogen-bond acceptors (Lipinski definition) is 6. The Morgan fingerprint density at radius 3 is 2.89 bits per heavy atom. The number of nitrogen functional groups attached to an aromatic ring is 1. The lowest BCUT2D eigenvalue weighted by molar-refractivity contribution is 0.414. The van der Waals surface area contributed by atoms with Gasteiger partial charge in [0.2, 0.25) is 0 Å². The number of anilines is 1. The van der Waals surface area contributed by atoms with Crippen LogP contribution >= 0.6 is 11.6 Å². The molecular weight excluding hydrogens is 266 g/mol. The van der Waals surface area contributed by atoms with Gasteiger partial charge in [0.15, 0.2) is 5.82 Å². The summed E-state index contributed by atoms with van der Waals surface area (Å²) in [4.78, 5) is 8.02. The van der Waals surface area contributed by atoms with Crippen LogP contribution < -0.4 is 10.5 Å². The third kappa shape index (κ3) is 2.00. The monoisotopic (exact) mass is 275 g/mol. The van der Waals surface area contributed by atoms with Crippen LogP contribution in [0, 0.1) is 0 Å². The Kier molecular flexibility index (Phi) is 2.79. The number of nitrogens with zero attached hydrogens (tertiary/aromatic N) is 4. The number of fused-ring (bicyclic) bond motifs is 1. The van der Waals surface area contributed by atoms with E-state index in [9.17, 15) is 0 Å². The minimum absolute atomic E-state index is 0.344. The number of aromatic nitrogens is 2. The topological polar surface area (TPSA) is 85.8 Å². The first-order chi connectivity index (χ1) is 9.19. The fourth-order valence-electron chi connectivity index (χ4n) is 2.01. The van der Waals surface area contributed by atoms with Crippen molar-refractivity contribution in [1.82, 2.24) is 9.97 Å².